The number of benzene rings is 1. The summed E-state index contributed by atoms with van der Waals surface area (Å²) in [7, 11) is 0. The van der Waals surface area contributed by atoms with Gasteiger partial charge in [0.05, 0.1) is 17.8 Å². The van der Waals surface area contributed by atoms with E-state index in [0.29, 0.717) is 6.54 Å². The third-order valence-corrected chi connectivity index (χ3v) is 4.24. The highest BCUT2D eigenvalue weighted by molar-refractivity contribution is 5.79. The van der Waals surface area contributed by atoms with Crippen LogP contribution in [0.2, 0.25) is 0 Å². The molecule has 1 aliphatic heterocycles. The molecule has 0 radical (unpaired) electrons. The molecule has 0 unspecified atom stereocenters. The fourth-order valence-corrected chi connectivity index (χ4v) is 3.05. The number of H-pyrrole nitrogens is 1. The molecule has 1 fully saturated rings. The smallest absolute Gasteiger partial charge is 0.224 e. The highest BCUT2D eigenvalue weighted by atomic mass is 19.1. The molecule has 2 heterocycles. The number of hydrogen-bond acceptors (Lipinski definition) is 3. The Morgan fingerprint density at radius 2 is 2.22 bits per heavy atom. The third kappa shape index (κ3) is 3.59. The first-order valence-electron chi connectivity index (χ1n) is 7.95. The van der Waals surface area contributed by atoms with Gasteiger partial charge in [0.15, 0.2) is 0 Å². The van der Waals surface area contributed by atoms with Gasteiger partial charge in [-0.3, -0.25) is 14.8 Å². The maximum absolute atomic E-state index is 13.1. The van der Waals surface area contributed by atoms with Crippen molar-refractivity contribution in [1.82, 2.24) is 20.4 Å². The van der Waals surface area contributed by atoms with Gasteiger partial charge in [-0.2, -0.15) is 5.10 Å². The van der Waals surface area contributed by atoms with Crippen LogP contribution in [0.1, 0.15) is 18.9 Å². The van der Waals surface area contributed by atoms with Gasteiger partial charge >= 0.3 is 0 Å². The zero-order valence-electron chi connectivity index (χ0n) is 13.2. The molecule has 122 valence electrons. The van der Waals surface area contributed by atoms with Gasteiger partial charge in [0, 0.05) is 30.8 Å². The van der Waals surface area contributed by atoms with Gasteiger partial charge in [0.2, 0.25) is 5.91 Å². The molecule has 2 aromatic rings. The fourth-order valence-electron chi connectivity index (χ4n) is 3.05. The quantitative estimate of drug-likeness (QED) is 0.889. The number of hydrogen-bond donors (Lipinski definition) is 2. The lowest BCUT2D eigenvalue weighted by Gasteiger charge is -2.16. The SMILES string of the molecule is CCNC(=O)[C@@H]1CCN(Cc2cn[nH]c2-c2ccc(F)cc2)C1. The summed E-state index contributed by atoms with van der Waals surface area (Å²) in [4.78, 5) is 14.2. The molecule has 0 spiro atoms. The number of carbonyl (C=O) groups is 1. The normalized spacial score (nSPS) is 18.3. The van der Waals surface area contributed by atoms with Crippen LogP contribution < -0.4 is 5.32 Å². The predicted octanol–water partition coefficient (Wildman–Crippen LogP) is 2.17. The predicted molar refractivity (Wildman–Crippen MR) is 86.0 cm³/mol. The van der Waals surface area contributed by atoms with E-state index in [1.807, 2.05) is 6.92 Å². The first kappa shape index (κ1) is 15.7. The van der Waals surface area contributed by atoms with E-state index in [1.54, 1.807) is 18.3 Å². The Labute approximate surface area is 134 Å². The number of halogens is 1. The monoisotopic (exact) mass is 316 g/mol. The van der Waals surface area contributed by atoms with E-state index >= 15 is 0 Å². The van der Waals surface area contributed by atoms with Crippen molar-refractivity contribution in [2.75, 3.05) is 19.6 Å². The third-order valence-electron chi connectivity index (χ3n) is 4.24. The van der Waals surface area contributed by atoms with Crippen molar-refractivity contribution >= 4 is 5.91 Å². The standard InChI is InChI=1S/C17H21FN4O/c1-2-19-17(23)13-7-8-22(10-13)11-14-9-20-21-16(14)12-3-5-15(18)6-4-12/h3-6,9,13H,2,7-8,10-11H2,1H3,(H,19,23)(H,20,21)/t13-/m1/s1. The lowest BCUT2D eigenvalue weighted by Crippen LogP contribution is -2.32. The molecule has 1 aromatic heterocycles. The van der Waals surface area contributed by atoms with Crippen molar-refractivity contribution < 1.29 is 9.18 Å². The largest absolute Gasteiger partial charge is 0.356 e. The lowest BCUT2D eigenvalue weighted by atomic mass is 10.1. The van der Waals surface area contributed by atoms with Gasteiger partial charge < -0.3 is 5.32 Å². The topological polar surface area (TPSA) is 61.0 Å². The van der Waals surface area contributed by atoms with Crippen molar-refractivity contribution in [3.05, 3.63) is 41.8 Å². The van der Waals surface area contributed by atoms with E-state index in [4.69, 9.17) is 0 Å². The number of carbonyl (C=O) groups excluding carboxylic acids is 1. The van der Waals surface area contributed by atoms with Crippen LogP contribution in [0, 0.1) is 11.7 Å². The van der Waals surface area contributed by atoms with Gasteiger partial charge in [0.25, 0.3) is 0 Å². The van der Waals surface area contributed by atoms with E-state index < -0.39 is 0 Å². The van der Waals surface area contributed by atoms with E-state index in [2.05, 4.69) is 20.4 Å². The molecule has 1 aliphatic rings. The molecular formula is C17H21FN4O. The molecule has 2 N–H and O–H groups in total. The van der Waals surface area contributed by atoms with Gasteiger partial charge in [-0.1, -0.05) is 0 Å². The average Bonchev–Trinajstić information content (AvgIpc) is 3.18. The molecule has 0 aliphatic carbocycles. The molecule has 6 heteroatoms. The Morgan fingerprint density at radius 1 is 1.43 bits per heavy atom. The highest BCUT2D eigenvalue weighted by Crippen LogP contribution is 2.25. The molecule has 1 atom stereocenters. The van der Waals surface area contributed by atoms with Gasteiger partial charge in [-0.15, -0.1) is 0 Å². The molecule has 0 bridgehead atoms. The lowest BCUT2D eigenvalue weighted by molar-refractivity contribution is -0.124. The van der Waals surface area contributed by atoms with E-state index in [0.717, 1.165) is 42.9 Å². The first-order valence-corrected chi connectivity index (χ1v) is 7.95. The van der Waals surface area contributed by atoms with Crippen LogP contribution in [0.4, 0.5) is 4.39 Å². The van der Waals surface area contributed by atoms with Crippen molar-refractivity contribution in [3.63, 3.8) is 0 Å². The molecule has 3 rings (SSSR count). The summed E-state index contributed by atoms with van der Waals surface area (Å²) >= 11 is 0. The maximum Gasteiger partial charge on any atom is 0.224 e. The van der Waals surface area contributed by atoms with Crippen molar-refractivity contribution in [3.8, 4) is 11.3 Å². The number of nitrogens with one attached hydrogen (secondary N) is 2. The molecule has 1 amide bonds. The van der Waals surface area contributed by atoms with E-state index in [-0.39, 0.29) is 17.6 Å². The van der Waals surface area contributed by atoms with E-state index in [9.17, 15) is 9.18 Å². The van der Waals surface area contributed by atoms with Crippen LogP contribution in [0.3, 0.4) is 0 Å². The van der Waals surface area contributed by atoms with Crippen LogP contribution in [-0.2, 0) is 11.3 Å². The number of aromatic nitrogens is 2. The van der Waals surface area contributed by atoms with Crippen LogP contribution in [0.15, 0.2) is 30.5 Å². The zero-order chi connectivity index (χ0) is 16.2. The summed E-state index contributed by atoms with van der Waals surface area (Å²) in [6.07, 6.45) is 2.69. The summed E-state index contributed by atoms with van der Waals surface area (Å²) in [5.41, 5.74) is 2.89. The number of nitrogens with zero attached hydrogens (tertiary/aromatic N) is 2. The fraction of sp³-hybridized carbons (Fsp3) is 0.412. The maximum atomic E-state index is 13.1. The zero-order valence-corrected chi connectivity index (χ0v) is 13.2. The minimum Gasteiger partial charge on any atom is -0.356 e. The van der Waals surface area contributed by atoms with Crippen LogP contribution >= 0.6 is 0 Å². The van der Waals surface area contributed by atoms with Crippen molar-refractivity contribution in [2.45, 2.75) is 19.9 Å². The minimum atomic E-state index is -0.251. The number of amides is 1. The molecule has 1 aromatic carbocycles. The Bertz CT molecular complexity index is 667. The Balaban J connectivity index is 1.67. The molecule has 5 nitrogen and oxygen atoms in total. The van der Waals surface area contributed by atoms with Gasteiger partial charge in [-0.05, 0) is 44.2 Å². The average molecular weight is 316 g/mol. The summed E-state index contributed by atoms with van der Waals surface area (Å²) in [6, 6.07) is 6.38. The van der Waals surface area contributed by atoms with E-state index in [1.165, 1.54) is 12.1 Å². The molecule has 23 heavy (non-hydrogen) atoms. The second kappa shape index (κ2) is 6.91. The van der Waals surface area contributed by atoms with Crippen LogP contribution in [-0.4, -0.2) is 40.6 Å². The number of aromatic amines is 1. The van der Waals surface area contributed by atoms with Crippen LogP contribution in [0.5, 0.6) is 0 Å². The summed E-state index contributed by atoms with van der Waals surface area (Å²) in [5, 5.41) is 10.0. The first-order chi connectivity index (χ1) is 11.2. The minimum absolute atomic E-state index is 0.0659. The van der Waals surface area contributed by atoms with Crippen molar-refractivity contribution in [1.29, 1.82) is 0 Å². The second-order valence-electron chi connectivity index (χ2n) is 5.89. The molecule has 0 saturated carbocycles. The van der Waals surface area contributed by atoms with Gasteiger partial charge in [-0.25, -0.2) is 4.39 Å². The number of rotatable bonds is 5. The summed E-state index contributed by atoms with van der Waals surface area (Å²) in [5.74, 6) is -0.0452. The van der Waals surface area contributed by atoms with Gasteiger partial charge in [0.1, 0.15) is 5.82 Å². The second-order valence-corrected chi connectivity index (χ2v) is 5.89. The Kier molecular flexibility index (Phi) is 4.71. The Morgan fingerprint density at radius 3 is 2.96 bits per heavy atom. The molecular weight excluding hydrogens is 295 g/mol. The highest BCUT2D eigenvalue weighted by Gasteiger charge is 2.28. The summed E-state index contributed by atoms with van der Waals surface area (Å²) in [6.45, 7) is 5.01. The molecule has 1 saturated heterocycles. The van der Waals surface area contributed by atoms with Crippen LogP contribution in [0.25, 0.3) is 11.3 Å². The Hall–Kier alpha value is -2.21. The van der Waals surface area contributed by atoms with Crippen molar-refractivity contribution in [2.24, 2.45) is 5.92 Å². The summed E-state index contributed by atoms with van der Waals surface area (Å²) < 4.78 is 13.1. The number of likely N-dealkylation sites (tertiary alicyclic amines) is 1.